The summed E-state index contributed by atoms with van der Waals surface area (Å²) in [5.41, 5.74) is 3.16. The van der Waals surface area contributed by atoms with Gasteiger partial charge in [-0.1, -0.05) is 26.0 Å². The Balaban J connectivity index is 2.01. The van der Waals surface area contributed by atoms with E-state index in [-0.39, 0.29) is 11.1 Å². The third kappa shape index (κ3) is 2.03. The number of carboxylic acid groups (broad SMARTS) is 1. The lowest BCUT2D eigenvalue weighted by atomic mass is 9.85. The predicted molar refractivity (Wildman–Crippen MR) is 75.2 cm³/mol. The fourth-order valence-electron chi connectivity index (χ4n) is 2.39. The first-order valence-corrected chi connectivity index (χ1v) is 6.44. The van der Waals surface area contributed by atoms with Crippen LogP contribution in [0.5, 0.6) is 5.75 Å². The van der Waals surface area contributed by atoms with Crippen LogP contribution in [0, 0.1) is 0 Å². The second kappa shape index (κ2) is 4.34. The highest BCUT2D eigenvalue weighted by atomic mass is 16.5. The van der Waals surface area contributed by atoms with Crippen molar-refractivity contribution in [3.8, 4) is 16.9 Å². The van der Waals surface area contributed by atoms with E-state index in [9.17, 15) is 4.79 Å². The highest BCUT2D eigenvalue weighted by molar-refractivity contribution is 5.85. The summed E-state index contributed by atoms with van der Waals surface area (Å²) >= 11 is 0. The number of ether oxygens (including phenoxy) is 1. The summed E-state index contributed by atoms with van der Waals surface area (Å²) in [6.07, 6.45) is 1.59. The molecular weight excluding hydrogens is 254 g/mol. The Labute approximate surface area is 117 Å². The lowest BCUT2D eigenvalue weighted by molar-refractivity contribution is 0.0690. The first-order chi connectivity index (χ1) is 9.47. The summed E-state index contributed by atoms with van der Waals surface area (Å²) in [5, 5.41) is 8.86. The molecule has 4 nitrogen and oxygen atoms in total. The SMILES string of the molecule is CC1(C)COc2ccc(-c3ccc(C(=O)O)nc3)cc21. The number of hydrogen-bond donors (Lipinski definition) is 1. The summed E-state index contributed by atoms with van der Waals surface area (Å²) in [4.78, 5) is 14.8. The molecule has 1 aromatic carbocycles. The number of aromatic carboxylic acids is 1. The lowest BCUT2D eigenvalue weighted by Crippen LogP contribution is -2.18. The molecule has 0 atom stereocenters. The van der Waals surface area contributed by atoms with Crippen LogP contribution in [0.1, 0.15) is 29.9 Å². The van der Waals surface area contributed by atoms with Gasteiger partial charge in [0.15, 0.2) is 0 Å². The van der Waals surface area contributed by atoms with Crippen LogP contribution in [0.3, 0.4) is 0 Å². The number of carbonyl (C=O) groups is 1. The molecule has 0 unspecified atom stereocenters. The zero-order valence-electron chi connectivity index (χ0n) is 11.4. The molecule has 0 bridgehead atoms. The van der Waals surface area contributed by atoms with Crippen molar-refractivity contribution < 1.29 is 14.6 Å². The zero-order chi connectivity index (χ0) is 14.3. The van der Waals surface area contributed by atoms with Gasteiger partial charge in [0, 0.05) is 22.7 Å². The summed E-state index contributed by atoms with van der Waals surface area (Å²) in [6, 6.07) is 9.33. The van der Waals surface area contributed by atoms with Crippen molar-refractivity contribution in [2.75, 3.05) is 6.61 Å². The topological polar surface area (TPSA) is 59.4 Å². The highest BCUT2D eigenvalue weighted by Crippen LogP contribution is 2.40. The number of carboxylic acids is 1. The molecule has 0 radical (unpaired) electrons. The molecule has 0 spiro atoms. The van der Waals surface area contributed by atoms with Gasteiger partial charge in [-0.3, -0.25) is 0 Å². The van der Waals surface area contributed by atoms with Gasteiger partial charge in [-0.2, -0.15) is 0 Å². The second-order valence-corrected chi connectivity index (χ2v) is 5.62. The molecule has 0 saturated heterocycles. The molecule has 4 heteroatoms. The molecule has 3 rings (SSSR count). The Kier molecular flexibility index (Phi) is 2.74. The Morgan fingerprint density at radius 3 is 2.65 bits per heavy atom. The number of rotatable bonds is 2. The number of pyridine rings is 1. The maximum absolute atomic E-state index is 10.8. The van der Waals surface area contributed by atoms with Crippen molar-refractivity contribution in [3.05, 3.63) is 47.8 Å². The van der Waals surface area contributed by atoms with Crippen LogP contribution < -0.4 is 4.74 Å². The van der Waals surface area contributed by atoms with Crippen LogP contribution in [-0.4, -0.2) is 22.7 Å². The first kappa shape index (κ1) is 12.7. The number of fused-ring (bicyclic) bond motifs is 1. The Bertz CT molecular complexity index is 675. The van der Waals surface area contributed by atoms with E-state index in [1.165, 1.54) is 11.6 Å². The Morgan fingerprint density at radius 2 is 2.00 bits per heavy atom. The van der Waals surface area contributed by atoms with Gasteiger partial charge >= 0.3 is 5.97 Å². The lowest BCUT2D eigenvalue weighted by Gasteiger charge is -2.15. The second-order valence-electron chi connectivity index (χ2n) is 5.62. The van der Waals surface area contributed by atoms with Crippen LogP contribution in [0.4, 0.5) is 0 Å². The molecular formula is C16H15NO3. The average Bonchev–Trinajstić information content (AvgIpc) is 2.74. The standard InChI is InChI=1S/C16H15NO3/c1-16(2)9-20-14-6-4-10(7-12(14)16)11-3-5-13(15(18)19)17-8-11/h3-8H,9H2,1-2H3,(H,18,19). The van der Waals surface area contributed by atoms with Gasteiger partial charge in [0.1, 0.15) is 11.4 Å². The quantitative estimate of drug-likeness (QED) is 0.910. The largest absolute Gasteiger partial charge is 0.492 e. The van der Waals surface area contributed by atoms with Crippen LogP contribution in [0.2, 0.25) is 0 Å². The van der Waals surface area contributed by atoms with E-state index < -0.39 is 5.97 Å². The maximum Gasteiger partial charge on any atom is 0.354 e. The third-order valence-corrected chi connectivity index (χ3v) is 3.61. The van der Waals surface area contributed by atoms with Crippen LogP contribution in [-0.2, 0) is 5.41 Å². The minimum atomic E-state index is -1.01. The fraction of sp³-hybridized carbons (Fsp3) is 0.250. The van der Waals surface area contributed by atoms with E-state index in [1.54, 1.807) is 12.3 Å². The van der Waals surface area contributed by atoms with Gasteiger partial charge in [0.2, 0.25) is 0 Å². The Hall–Kier alpha value is -2.36. The summed E-state index contributed by atoms with van der Waals surface area (Å²) in [6.45, 7) is 4.98. The predicted octanol–water partition coefficient (Wildman–Crippen LogP) is 3.12. The van der Waals surface area contributed by atoms with E-state index in [1.807, 2.05) is 12.1 Å². The van der Waals surface area contributed by atoms with Gasteiger partial charge in [0.25, 0.3) is 0 Å². The fourth-order valence-corrected chi connectivity index (χ4v) is 2.39. The molecule has 0 saturated carbocycles. The van der Waals surface area contributed by atoms with Gasteiger partial charge in [0.05, 0.1) is 6.61 Å². The summed E-state index contributed by atoms with van der Waals surface area (Å²) in [7, 11) is 0. The average molecular weight is 269 g/mol. The molecule has 2 heterocycles. The number of aromatic nitrogens is 1. The molecule has 1 N–H and O–H groups in total. The molecule has 0 amide bonds. The highest BCUT2D eigenvalue weighted by Gasteiger charge is 2.31. The van der Waals surface area contributed by atoms with Crippen LogP contribution >= 0.6 is 0 Å². The normalized spacial score (nSPS) is 15.5. The van der Waals surface area contributed by atoms with Crippen LogP contribution in [0.25, 0.3) is 11.1 Å². The smallest absolute Gasteiger partial charge is 0.354 e. The maximum atomic E-state index is 10.8. The van der Waals surface area contributed by atoms with Gasteiger partial charge in [-0.15, -0.1) is 0 Å². The number of hydrogen-bond acceptors (Lipinski definition) is 3. The van der Waals surface area contributed by atoms with Crippen molar-refractivity contribution >= 4 is 5.97 Å². The van der Waals surface area contributed by atoms with Crippen molar-refractivity contribution in [1.82, 2.24) is 4.98 Å². The van der Waals surface area contributed by atoms with E-state index in [4.69, 9.17) is 9.84 Å². The number of benzene rings is 1. The molecule has 0 fully saturated rings. The number of nitrogens with zero attached hydrogens (tertiary/aromatic N) is 1. The molecule has 1 aliphatic heterocycles. The van der Waals surface area contributed by atoms with E-state index in [0.29, 0.717) is 6.61 Å². The third-order valence-electron chi connectivity index (χ3n) is 3.61. The monoisotopic (exact) mass is 269 g/mol. The van der Waals surface area contributed by atoms with E-state index in [0.717, 1.165) is 16.9 Å². The minimum Gasteiger partial charge on any atom is -0.492 e. The van der Waals surface area contributed by atoms with Crippen molar-refractivity contribution in [1.29, 1.82) is 0 Å². The summed E-state index contributed by atoms with van der Waals surface area (Å²) in [5.74, 6) is -0.0890. The first-order valence-electron chi connectivity index (χ1n) is 6.44. The van der Waals surface area contributed by atoms with Gasteiger partial charge in [-0.25, -0.2) is 9.78 Å². The van der Waals surface area contributed by atoms with Crippen molar-refractivity contribution in [2.24, 2.45) is 0 Å². The van der Waals surface area contributed by atoms with Crippen LogP contribution in [0.15, 0.2) is 36.5 Å². The molecule has 102 valence electrons. The van der Waals surface area contributed by atoms with Crippen molar-refractivity contribution in [2.45, 2.75) is 19.3 Å². The minimum absolute atomic E-state index is 0.000221. The van der Waals surface area contributed by atoms with Gasteiger partial charge in [-0.05, 0) is 23.8 Å². The summed E-state index contributed by atoms with van der Waals surface area (Å²) < 4.78 is 5.66. The molecule has 2 aromatic rings. The molecule has 1 aromatic heterocycles. The molecule has 1 aliphatic rings. The van der Waals surface area contributed by atoms with E-state index >= 15 is 0 Å². The van der Waals surface area contributed by atoms with Gasteiger partial charge < -0.3 is 9.84 Å². The molecule has 20 heavy (non-hydrogen) atoms. The van der Waals surface area contributed by atoms with E-state index in [2.05, 4.69) is 24.9 Å². The zero-order valence-corrected chi connectivity index (χ0v) is 11.4. The Morgan fingerprint density at radius 1 is 1.25 bits per heavy atom. The molecule has 0 aliphatic carbocycles. The van der Waals surface area contributed by atoms with Crippen molar-refractivity contribution in [3.63, 3.8) is 0 Å².